The molecule has 0 spiro atoms. The summed E-state index contributed by atoms with van der Waals surface area (Å²) in [6.45, 7) is -1.19. The van der Waals surface area contributed by atoms with Crippen molar-refractivity contribution in [3.8, 4) is 0 Å². The van der Waals surface area contributed by atoms with E-state index >= 15 is 0 Å². The molecule has 0 fully saturated rings. The lowest BCUT2D eigenvalue weighted by atomic mass is 9.98. The van der Waals surface area contributed by atoms with Gasteiger partial charge in [-0.15, -0.1) is 0 Å². The smallest absolute Gasteiger partial charge is 0.264 e. The van der Waals surface area contributed by atoms with E-state index in [1.165, 1.54) is 0 Å². The summed E-state index contributed by atoms with van der Waals surface area (Å²) in [7, 11) is -8.14. The van der Waals surface area contributed by atoms with E-state index in [1.54, 1.807) is 36.4 Å². The quantitative estimate of drug-likeness (QED) is 0.173. The number of hydrogen-bond donors (Lipinski definition) is 2. The highest BCUT2D eigenvalue weighted by Crippen LogP contribution is 2.26. The lowest BCUT2D eigenvalue weighted by molar-refractivity contribution is -0.171. The summed E-state index contributed by atoms with van der Waals surface area (Å²) in [6, 6.07) is 27.2. The van der Waals surface area contributed by atoms with Crippen molar-refractivity contribution in [3.05, 3.63) is 108 Å². The molecule has 0 saturated carbocycles. The normalized spacial score (nSPS) is 15.7. The van der Waals surface area contributed by atoms with E-state index in [1.807, 2.05) is 54.6 Å². The van der Waals surface area contributed by atoms with Gasteiger partial charge < -0.3 is 24.4 Å². The summed E-state index contributed by atoms with van der Waals surface area (Å²) in [6.07, 6.45) is -4.94. The van der Waals surface area contributed by atoms with Gasteiger partial charge in [-0.25, -0.2) is 0 Å². The fourth-order valence-electron chi connectivity index (χ4n) is 4.33. The molecule has 1 unspecified atom stereocenters. The molecule has 0 aliphatic rings. The third-order valence-corrected chi connectivity index (χ3v) is 7.54. The first-order chi connectivity index (χ1) is 20.9. The Morgan fingerprint density at radius 2 is 1.05 bits per heavy atom. The molecule has 3 rings (SSSR count). The monoisotopic (exact) mass is 652 g/mol. The molecule has 0 amide bonds. The zero-order valence-electron chi connectivity index (χ0n) is 24.7. The molecule has 0 aromatic heterocycles. The predicted octanol–water partition coefficient (Wildman–Crippen LogP) is 2.81. The number of rotatable bonds is 20. The second-order valence-electron chi connectivity index (χ2n) is 10.3. The van der Waals surface area contributed by atoms with Gasteiger partial charge in [0.15, 0.2) is 0 Å². The van der Waals surface area contributed by atoms with Crippen LogP contribution in [0, 0.1) is 0 Å². The van der Waals surface area contributed by atoms with Gasteiger partial charge in [-0.05, 0) is 16.7 Å². The van der Waals surface area contributed by atoms with Crippen LogP contribution in [0.15, 0.2) is 91.0 Å². The molecule has 242 valence electrons. The molecular formula is C31H40O11S2. The van der Waals surface area contributed by atoms with Gasteiger partial charge in [0.05, 0.1) is 57.8 Å². The maximum absolute atomic E-state index is 12.7. The Balaban J connectivity index is 2.06. The lowest BCUT2D eigenvalue weighted by Crippen LogP contribution is -2.52. The Morgan fingerprint density at radius 3 is 1.45 bits per heavy atom. The van der Waals surface area contributed by atoms with Crippen molar-refractivity contribution >= 4 is 20.2 Å². The van der Waals surface area contributed by atoms with Crippen molar-refractivity contribution in [2.45, 2.75) is 56.8 Å². The average molecular weight is 653 g/mol. The van der Waals surface area contributed by atoms with Crippen LogP contribution in [0.2, 0.25) is 0 Å². The summed E-state index contributed by atoms with van der Waals surface area (Å²) >= 11 is 0. The van der Waals surface area contributed by atoms with E-state index in [-0.39, 0.29) is 26.2 Å². The SMILES string of the molecule is CS(=O)(=O)OC[C@H](OCc1ccccc1)[C@@H](OCc1ccccc1)[C@H](OS(C)(=O)=O)[C@H](CC(O)CO)OCc1ccccc1. The molecule has 0 heterocycles. The van der Waals surface area contributed by atoms with Gasteiger partial charge in [0.1, 0.15) is 18.3 Å². The Labute approximate surface area is 259 Å². The first kappa shape index (κ1) is 35.8. The number of hydrogen-bond acceptors (Lipinski definition) is 11. The molecule has 11 nitrogen and oxygen atoms in total. The van der Waals surface area contributed by atoms with Crippen molar-refractivity contribution < 1.29 is 49.6 Å². The van der Waals surface area contributed by atoms with Gasteiger partial charge in [-0.3, -0.25) is 8.37 Å². The van der Waals surface area contributed by atoms with Gasteiger partial charge in [0.25, 0.3) is 20.2 Å². The van der Waals surface area contributed by atoms with Crippen molar-refractivity contribution in [2.75, 3.05) is 25.7 Å². The zero-order valence-corrected chi connectivity index (χ0v) is 26.3. The molecule has 2 N–H and O–H groups in total. The van der Waals surface area contributed by atoms with Crippen molar-refractivity contribution in [3.63, 3.8) is 0 Å². The van der Waals surface area contributed by atoms with Crippen molar-refractivity contribution in [1.82, 2.24) is 0 Å². The van der Waals surface area contributed by atoms with Gasteiger partial charge in [0.2, 0.25) is 0 Å². The molecule has 0 aliphatic carbocycles. The predicted molar refractivity (Wildman–Crippen MR) is 163 cm³/mol. The summed E-state index contributed by atoms with van der Waals surface area (Å²) in [4.78, 5) is 0. The van der Waals surface area contributed by atoms with Crippen LogP contribution in [0.5, 0.6) is 0 Å². The highest BCUT2D eigenvalue weighted by Gasteiger charge is 2.42. The van der Waals surface area contributed by atoms with Crippen LogP contribution in [0.25, 0.3) is 0 Å². The fourth-order valence-corrected chi connectivity index (χ4v) is 5.35. The van der Waals surface area contributed by atoms with E-state index < -0.39 is 64.0 Å². The summed E-state index contributed by atoms with van der Waals surface area (Å²) in [5.41, 5.74) is 2.25. The van der Waals surface area contributed by atoms with Crippen molar-refractivity contribution in [1.29, 1.82) is 0 Å². The Hall–Kier alpha value is -2.72. The molecule has 5 atom stereocenters. The minimum absolute atomic E-state index is 0.00419. The van der Waals surface area contributed by atoms with Crippen LogP contribution in [-0.2, 0) is 62.6 Å². The minimum atomic E-state index is -4.18. The Morgan fingerprint density at radius 1 is 0.614 bits per heavy atom. The highest BCUT2D eigenvalue weighted by molar-refractivity contribution is 7.86. The van der Waals surface area contributed by atoms with Crippen LogP contribution in [0.1, 0.15) is 23.1 Å². The van der Waals surface area contributed by atoms with Gasteiger partial charge in [0, 0.05) is 6.42 Å². The van der Waals surface area contributed by atoms with Crippen molar-refractivity contribution in [2.24, 2.45) is 0 Å². The Bertz CT molecular complexity index is 1440. The average Bonchev–Trinajstić information content (AvgIpc) is 3.00. The number of benzene rings is 3. The molecule has 13 heteroatoms. The molecule has 0 bridgehead atoms. The third kappa shape index (κ3) is 13.5. The number of aliphatic hydroxyl groups excluding tert-OH is 2. The van der Waals surface area contributed by atoms with E-state index in [2.05, 4.69) is 0 Å². The second kappa shape index (κ2) is 17.7. The van der Waals surface area contributed by atoms with Gasteiger partial charge >= 0.3 is 0 Å². The lowest BCUT2D eigenvalue weighted by Gasteiger charge is -2.37. The summed E-state index contributed by atoms with van der Waals surface area (Å²) in [5.74, 6) is 0. The van der Waals surface area contributed by atoms with E-state index in [0.29, 0.717) is 0 Å². The van der Waals surface area contributed by atoms with Crippen LogP contribution in [0.3, 0.4) is 0 Å². The summed E-state index contributed by atoms with van der Waals surface area (Å²) in [5, 5.41) is 20.1. The molecule has 0 radical (unpaired) electrons. The Kier molecular flexibility index (Phi) is 14.4. The first-order valence-electron chi connectivity index (χ1n) is 13.9. The van der Waals surface area contributed by atoms with E-state index in [9.17, 15) is 27.0 Å². The zero-order chi connectivity index (χ0) is 32.0. The standard InChI is InChI=1S/C31H40O11S2/c1-43(34,35)41-23-29(39-21-25-14-8-4-9-15-25)30(40-22-26-16-10-5-11-17-26)31(42-44(2,36)37)28(18-27(33)19-32)38-20-24-12-6-3-7-13-24/h3-17,27-33H,18-23H2,1-2H3/t27?,28-,29-,30+,31+/m0/s1. The molecule has 44 heavy (non-hydrogen) atoms. The van der Waals surface area contributed by atoms with E-state index in [4.69, 9.17) is 22.6 Å². The number of aliphatic hydroxyl groups is 2. The highest BCUT2D eigenvalue weighted by atomic mass is 32.2. The number of ether oxygens (including phenoxy) is 3. The van der Waals surface area contributed by atoms with Gasteiger partial charge in [-0.1, -0.05) is 91.0 Å². The van der Waals surface area contributed by atoms with Crippen LogP contribution in [-0.4, -0.2) is 83.3 Å². The fraction of sp³-hybridized carbons (Fsp3) is 0.419. The topological polar surface area (TPSA) is 155 Å². The maximum Gasteiger partial charge on any atom is 0.264 e. The van der Waals surface area contributed by atoms with Gasteiger partial charge in [-0.2, -0.15) is 16.8 Å². The molecule has 0 aliphatic heterocycles. The maximum atomic E-state index is 12.7. The minimum Gasteiger partial charge on any atom is -0.394 e. The van der Waals surface area contributed by atoms with Crippen LogP contribution < -0.4 is 0 Å². The first-order valence-corrected chi connectivity index (χ1v) is 17.5. The molecule has 3 aromatic rings. The molecule has 3 aromatic carbocycles. The molecular weight excluding hydrogens is 612 g/mol. The third-order valence-electron chi connectivity index (χ3n) is 6.40. The van der Waals surface area contributed by atoms with Crippen LogP contribution in [0.4, 0.5) is 0 Å². The van der Waals surface area contributed by atoms with Crippen LogP contribution >= 0.6 is 0 Å². The molecule has 0 saturated heterocycles. The summed E-state index contributed by atoms with van der Waals surface area (Å²) < 4.78 is 78.8. The second-order valence-corrected chi connectivity index (χ2v) is 13.5. The largest absolute Gasteiger partial charge is 0.394 e. The van der Waals surface area contributed by atoms with E-state index in [0.717, 1.165) is 29.2 Å².